The average molecular weight is 226 g/mol. The number of hydrogen-bond acceptors (Lipinski definition) is 3. The normalized spacial score (nSPS) is 16.4. The van der Waals surface area contributed by atoms with E-state index in [1.807, 2.05) is 16.7 Å². The van der Waals surface area contributed by atoms with Crippen LogP contribution in [0.1, 0.15) is 37.1 Å². The van der Waals surface area contributed by atoms with Crippen molar-refractivity contribution in [1.29, 1.82) is 5.26 Å². The average Bonchev–Trinajstić information content (AvgIpc) is 2.99. The molecule has 1 aliphatic rings. The Morgan fingerprint density at radius 1 is 1.35 bits per heavy atom. The minimum absolute atomic E-state index is 0.636. The smallest absolute Gasteiger partial charge is 0.162 e. The molecule has 1 saturated carbocycles. The highest BCUT2D eigenvalue weighted by Crippen LogP contribution is 2.27. The summed E-state index contributed by atoms with van der Waals surface area (Å²) in [6, 6.07) is 5.72. The molecule has 2 heterocycles. The lowest BCUT2D eigenvalue weighted by atomic mass is 10.0. The molecule has 86 valence electrons. The van der Waals surface area contributed by atoms with Gasteiger partial charge in [0.15, 0.2) is 5.65 Å². The van der Waals surface area contributed by atoms with Crippen molar-refractivity contribution >= 4 is 5.65 Å². The van der Waals surface area contributed by atoms with E-state index in [1.165, 1.54) is 25.7 Å². The van der Waals surface area contributed by atoms with Crippen LogP contribution in [0.3, 0.4) is 0 Å². The molecule has 0 aromatic carbocycles. The third-order valence-electron chi connectivity index (χ3n) is 3.56. The van der Waals surface area contributed by atoms with Crippen LogP contribution >= 0.6 is 0 Å². The lowest BCUT2D eigenvalue weighted by molar-refractivity contribution is 0.527. The van der Waals surface area contributed by atoms with Gasteiger partial charge in [-0.15, -0.1) is 10.2 Å². The lowest BCUT2D eigenvalue weighted by Gasteiger charge is -2.06. The number of pyridine rings is 1. The Balaban J connectivity index is 1.92. The van der Waals surface area contributed by atoms with Gasteiger partial charge in [0.05, 0.1) is 11.6 Å². The summed E-state index contributed by atoms with van der Waals surface area (Å²) < 4.78 is 2.00. The first-order valence-corrected chi connectivity index (χ1v) is 6.10. The first-order chi connectivity index (χ1) is 8.36. The van der Waals surface area contributed by atoms with Gasteiger partial charge < -0.3 is 0 Å². The molecule has 4 nitrogen and oxygen atoms in total. The summed E-state index contributed by atoms with van der Waals surface area (Å²) in [6.45, 7) is 0. The van der Waals surface area contributed by atoms with Crippen LogP contribution in [-0.2, 0) is 6.42 Å². The Hall–Kier alpha value is -1.89. The predicted molar refractivity (Wildman–Crippen MR) is 63.4 cm³/mol. The second-order valence-corrected chi connectivity index (χ2v) is 4.73. The van der Waals surface area contributed by atoms with E-state index in [9.17, 15) is 0 Å². The molecule has 0 spiro atoms. The molecule has 0 aliphatic heterocycles. The van der Waals surface area contributed by atoms with Gasteiger partial charge >= 0.3 is 0 Å². The van der Waals surface area contributed by atoms with Gasteiger partial charge in [0.2, 0.25) is 0 Å². The van der Waals surface area contributed by atoms with Crippen LogP contribution in [0.25, 0.3) is 5.65 Å². The molecular formula is C13H14N4. The maximum absolute atomic E-state index is 8.83. The Labute approximate surface area is 99.9 Å². The van der Waals surface area contributed by atoms with Gasteiger partial charge in [-0.05, 0) is 12.0 Å². The van der Waals surface area contributed by atoms with E-state index in [4.69, 9.17) is 5.26 Å². The zero-order valence-electron chi connectivity index (χ0n) is 9.63. The van der Waals surface area contributed by atoms with E-state index in [1.54, 1.807) is 6.07 Å². The maximum atomic E-state index is 8.83. The van der Waals surface area contributed by atoms with Gasteiger partial charge in [-0.1, -0.05) is 25.7 Å². The second kappa shape index (κ2) is 4.17. The number of rotatable bonds is 2. The van der Waals surface area contributed by atoms with Crippen molar-refractivity contribution in [2.45, 2.75) is 32.1 Å². The Morgan fingerprint density at radius 2 is 2.18 bits per heavy atom. The van der Waals surface area contributed by atoms with Crippen LogP contribution in [0.5, 0.6) is 0 Å². The Bertz CT molecular complexity index is 573. The fourth-order valence-electron chi connectivity index (χ4n) is 2.62. The van der Waals surface area contributed by atoms with Crippen molar-refractivity contribution in [3.05, 3.63) is 29.7 Å². The van der Waals surface area contributed by atoms with Crippen LogP contribution in [-0.4, -0.2) is 14.6 Å². The molecule has 1 aliphatic carbocycles. The Morgan fingerprint density at radius 3 is 2.94 bits per heavy atom. The number of aromatic nitrogens is 3. The molecule has 4 heteroatoms. The standard InChI is InChI=1S/C13H14N4/c14-9-11-5-6-17-12(15-16-13(17)8-11)7-10-3-1-2-4-10/h5-6,8,10H,1-4,7H2. The quantitative estimate of drug-likeness (QED) is 0.789. The number of nitriles is 1. The molecule has 0 unspecified atom stereocenters. The molecule has 0 amide bonds. The summed E-state index contributed by atoms with van der Waals surface area (Å²) in [7, 11) is 0. The largest absolute Gasteiger partial charge is 0.286 e. The van der Waals surface area contributed by atoms with Crippen LogP contribution in [0.15, 0.2) is 18.3 Å². The predicted octanol–water partition coefficient (Wildman–Crippen LogP) is 2.33. The number of hydrogen-bond donors (Lipinski definition) is 0. The van der Waals surface area contributed by atoms with E-state index in [0.717, 1.165) is 23.8 Å². The van der Waals surface area contributed by atoms with Crippen molar-refractivity contribution in [3.63, 3.8) is 0 Å². The molecule has 0 N–H and O–H groups in total. The first kappa shape index (κ1) is 10.3. The molecule has 0 radical (unpaired) electrons. The fraction of sp³-hybridized carbons (Fsp3) is 0.462. The zero-order valence-corrected chi connectivity index (χ0v) is 9.63. The summed E-state index contributed by atoms with van der Waals surface area (Å²) in [4.78, 5) is 0. The SMILES string of the molecule is N#Cc1ccn2c(CC3CCCC3)nnc2c1. The topological polar surface area (TPSA) is 54.0 Å². The minimum atomic E-state index is 0.636. The van der Waals surface area contributed by atoms with Crippen molar-refractivity contribution in [3.8, 4) is 6.07 Å². The number of nitrogens with zero attached hydrogens (tertiary/aromatic N) is 4. The van der Waals surface area contributed by atoms with Gasteiger partial charge in [0, 0.05) is 18.7 Å². The summed E-state index contributed by atoms with van der Waals surface area (Å²) in [5, 5.41) is 17.2. The maximum Gasteiger partial charge on any atom is 0.162 e. The van der Waals surface area contributed by atoms with E-state index in [-0.39, 0.29) is 0 Å². The molecule has 2 aromatic rings. The molecule has 0 bridgehead atoms. The molecule has 0 atom stereocenters. The van der Waals surface area contributed by atoms with E-state index in [0.29, 0.717) is 5.56 Å². The second-order valence-electron chi connectivity index (χ2n) is 4.73. The summed E-state index contributed by atoms with van der Waals surface area (Å²) in [6.07, 6.45) is 8.22. The lowest BCUT2D eigenvalue weighted by Crippen LogP contribution is -2.03. The number of fused-ring (bicyclic) bond motifs is 1. The summed E-state index contributed by atoms with van der Waals surface area (Å²) in [5.41, 5.74) is 1.41. The van der Waals surface area contributed by atoms with Crippen LogP contribution < -0.4 is 0 Å². The van der Waals surface area contributed by atoms with E-state index < -0.39 is 0 Å². The first-order valence-electron chi connectivity index (χ1n) is 6.10. The van der Waals surface area contributed by atoms with Gasteiger partial charge in [-0.3, -0.25) is 4.40 Å². The highest BCUT2D eigenvalue weighted by Gasteiger charge is 2.18. The molecule has 3 rings (SSSR count). The van der Waals surface area contributed by atoms with Crippen LogP contribution in [0.2, 0.25) is 0 Å². The van der Waals surface area contributed by atoms with Crippen molar-refractivity contribution in [1.82, 2.24) is 14.6 Å². The zero-order chi connectivity index (χ0) is 11.7. The summed E-state index contributed by atoms with van der Waals surface area (Å²) in [5.74, 6) is 1.79. The monoisotopic (exact) mass is 226 g/mol. The molecular weight excluding hydrogens is 212 g/mol. The summed E-state index contributed by atoms with van der Waals surface area (Å²) >= 11 is 0. The van der Waals surface area contributed by atoms with Crippen LogP contribution in [0.4, 0.5) is 0 Å². The molecule has 0 saturated heterocycles. The highest BCUT2D eigenvalue weighted by molar-refractivity contribution is 5.45. The van der Waals surface area contributed by atoms with E-state index >= 15 is 0 Å². The van der Waals surface area contributed by atoms with Crippen molar-refractivity contribution < 1.29 is 0 Å². The fourth-order valence-corrected chi connectivity index (χ4v) is 2.62. The Kier molecular flexibility index (Phi) is 2.52. The van der Waals surface area contributed by atoms with Crippen LogP contribution in [0, 0.1) is 17.2 Å². The third-order valence-corrected chi connectivity index (χ3v) is 3.56. The highest BCUT2D eigenvalue weighted by atomic mass is 15.2. The van der Waals surface area contributed by atoms with Gasteiger partial charge in [0.1, 0.15) is 5.82 Å². The van der Waals surface area contributed by atoms with Gasteiger partial charge in [-0.2, -0.15) is 5.26 Å². The van der Waals surface area contributed by atoms with Crippen molar-refractivity contribution in [2.75, 3.05) is 0 Å². The minimum Gasteiger partial charge on any atom is -0.286 e. The van der Waals surface area contributed by atoms with Gasteiger partial charge in [-0.25, -0.2) is 0 Å². The molecule has 17 heavy (non-hydrogen) atoms. The van der Waals surface area contributed by atoms with Crippen molar-refractivity contribution in [2.24, 2.45) is 5.92 Å². The van der Waals surface area contributed by atoms with Gasteiger partial charge in [0.25, 0.3) is 0 Å². The van der Waals surface area contributed by atoms with E-state index in [2.05, 4.69) is 16.3 Å². The molecule has 2 aromatic heterocycles. The third kappa shape index (κ3) is 1.89. The molecule has 1 fully saturated rings.